The molecule has 0 bridgehead atoms. The highest BCUT2D eigenvalue weighted by atomic mass is 35.5. The van der Waals surface area contributed by atoms with E-state index in [2.05, 4.69) is 15.5 Å². The molecule has 8 nitrogen and oxygen atoms in total. The normalized spacial score (nSPS) is 12.3. The molecule has 3 aromatic rings. The fourth-order valence-electron chi connectivity index (χ4n) is 2.98. The van der Waals surface area contributed by atoms with Crippen molar-refractivity contribution >= 4 is 49.7 Å². The van der Waals surface area contributed by atoms with Crippen molar-refractivity contribution in [1.82, 2.24) is 10.2 Å². The second kappa shape index (κ2) is 9.63. The highest BCUT2D eigenvalue weighted by Gasteiger charge is 2.32. The van der Waals surface area contributed by atoms with Crippen LogP contribution >= 0.6 is 22.9 Å². The van der Waals surface area contributed by atoms with Crippen LogP contribution in [0.3, 0.4) is 0 Å². The molecule has 3 rings (SSSR count). The molecule has 0 unspecified atom stereocenters. The molecule has 1 aromatic heterocycles. The van der Waals surface area contributed by atoms with Gasteiger partial charge in [0.2, 0.25) is 21.1 Å². The molecule has 0 saturated heterocycles. The molecule has 0 saturated carbocycles. The maximum atomic E-state index is 13.0. The van der Waals surface area contributed by atoms with Gasteiger partial charge in [-0.25, -0.2) is 8.42 Å². The van der Waals surface area contributed by atoms with E-state index in [4.69, 9.17) is 16.3 Å². The Morgan fingerprint density at radius 1 is 1.23 bits per heavy atom. The van der Waals surface area contributed by atoms with Gasteiger partial charge in [-0.2, -0.15) is 0 Å². The Hall–Kier alpha value is -2.69. The number of amides is 1. The molecular weight excluding hydrogens is 460 g/mol. The van der Waals surface area contributed by atoms with Crippen molar-refractivity contribution in [3.63, 3.8) is 0 Å². The molecule has 11 heteroatoms. The van der Waals surface area contributed by atoms with Gasteiger partial charge in [-0.15, -0.1) is 10.2 Å². The van der Waals surface area contributed by atoms with Gasteiger partial charge in [0.1, 0.15) is 16.8 Å². The summed E-state index contributed by atoms with van der Waals surface area (Å²) in [5.41, 5.74) is 1.14. The minimum atomic E-state index is -3.76. The second-order valence-electron chi connectivity index (χ2n) is 6.59. The van der Waals surface area contributed by atoms with Crippen molar-refractivity contribution in [3.8, 4) is 16.3 Å². The van der Waals surface area contributed by atoms with Gasteiger partial charge in [0, 0.05) is 16.7 Å². The fourth-order valence-corrected chi connectivity index (χ4v) is 5.06. The fraction of sp³-hybridized carbons (Fsp3) is 0.250. The Bertz CT molecular complexity index is 1170. The number of hydrogen-bond acceptors (Lipinski definition) is 7. The van der Waals surface area contributed by atoms with E-state index in [0.29, 0.717) is 21.5 Å². The maximum Gasteiger partial charge on any atom is 0.250 e. The number of benzene rings is 2. The smallest absolute Gasteiger partial charge is 0.250 e. The summed E-state index contributed by atoms with van der Waals surface area (Å²) in [5.74, 6) is -0.0207. The number of carbonyl (C=O) groups is 1. The van der Waals surface area contributed by atoms with Crippen LogP contribution in [-0.2, 0) is 14.8 Å². The van der Waals surface area contributed by atoms with Crippen LogP contribution in [0, 0.1) is 0 Å². The third-order valence-electron chi connectivity index (χ3n) is 4.38. The lowest BCUT2D eigenvalue weighted by atomic mass is 10.2. The van der Waals surface area contributed by atoms with Gasteiger partial charge in [-0.3, -0.25) is 14.4 Å². The first kappa shape index (κ1) is 23.0. The monoisotopic (exact) mass is 480 g/mol. The van der Waals surface area contributed by atoms with E-state index < -0.39 is 22.0 Å². The lowest BCUT2D eigenvalue weighted by Gasteiger charge is -2.29. The molecule has 0 radical (unpaired) electrons. The first-order valence-corrected chi connectivity index (χ1v) is 12.3. The van der Waals surface area contributed by atoms with Crippen LogP contribution in [0.1, 0.15) is 13.3 Å². The summed E-state index contributed by atoms with van der Waals surface area (Å²) in [6, 6.07) is 12.7. The second-order valence-corrected chi connectivity index (χ2v) is 9.87. The molecule has 0 aliphatic heterocycles. The number of ether oxygens (including phenoxy) is 1. The average Bonchev–Trinajstić information content (AvgIpc) is 3.19. The molecule has 0 aliphatic rings. The number of nitrogens with one attached hydrogen (secondary N) is 1. The average molecular weight is 481 g/mol. The number of sulfonamides is 1. The number of aromatic nitrogens is 2. The lowest BCUT2D eigenvalue weighted by Crippen LogP contribution is -2.47. The molecule has 1 N–H and O–H groups in total. The summed E-state index contributed by atoms with van der Waals surface area (Å²) in [6.07, 6.45) is 1.31. The first-order chi connectivity index (χ1) is 14.7. The minimum Gasteiger partial charge on any atom is -0.497 e. The van der Waals surface area contributed by atoms with Crippen molar-refractivity contribution in [3.05, 3.63) is 53.6 Å². The number of rotatable bonds is 8. The predicted octanol–water partition coefficient (Wildman–Crippen LogP) is 4.05. The highest BCUT2D eigenvalue weighted by Crippen LogP contribution is 2.29. The summed E-state index contributed by atoms with van der Waals surface area (Å²) >= 11 is 7.09. The lowest BCUT2D eigenvalue weighted by molar-refractivity contribution is -0.117. The van der Waals surface area contributed by atoms with E-state index in [1.807, 2.05) is 0 Å². The van der Waals surface area contributed by atoms with E-state index in [0.717, 1.165) is 16.1 Å². The van der Waals surface area contributed by atoms with E-state index >= 15 is 0 Å². The minimum absolute atomic E-state index is 0.249. The quantitative estimate of drug-likeness (QED) is 0.522. The largest absolute Gasteiger partial charge is 0.497 e. The van der Waals surface area contributed by atoms with Gasteiger partial charge in [-0.1, -0.05) is 48.1 Å². The summed E-state index contributed by atoms with van der Waals surface area (Å²) < 4.78 is 31.4. The molecule has 0 spiro atoms. The predicted molar refractivity (Wildman–Crippen MR) is 123 cm³/mol. The Morgan fingerprint density at radius 3 is 2.55 bits per heavy atom. The van der Waals surface area contributed by atoms with Crippen molar-refractivity contribution in [1.29, 1.82) is 0 Å². The Morgan fingerprint density at radius 2 is 1.94 bits per heavy atom. The van der Waals surface area contributed by atoms with Gasteiger partial charge < -0.3 is 4.74 Å². The third kappa shape index (κ3) is 5.52. The number of halogens is 1. The zero-order chi connectivity index (χ0) is 22.6. The zero-order valence-electron chi connectivity index (χ0n) is 17.1. The Labute approximate surface area is 189 Å². The summed E-state index contributed by atoms with van der Waals surface area (Å²) in [4.78, 5) is 13.0. The van der Waals surface area contributed by atoms with E-state index in [1.54, 1.807) is 55.5 Å². The van der Waals surface area contributed by atoms with Crippen LogP contribution in [0.15, 0.2) is 48.5 Å². The summed E-state index contributed by atoms with van der Waals surface area (Å²) in [5, 5.41) is 12.3. The summed E-state index contributed by atoms with van der Waals surface area (Å²) in [7, 11) is -2.27. The molecule has 31 heavy (non-hydrogen) atoms. The Balaban J connectivity index is 1.86. The molecule has 164 valence electrons. The van der Waals surface area contributed by atoms with Crippen molar-refractivity contribution in [2.24, 2.45) is 0 Å². The first-order valence-electron chi connectivity index (χ1n) is 9.26. The van der Waals surface area contributed by atoms with Crippen LogP contribution in [0.25, 0.3) is 10.6 Å². The topological polar surface area (TPSA) is 101 Å². The molecule has 2 aromatic carbocycles. The maximum absolute atomic E-state index is 13.0. The van der Waals surface area contributed by atoms with Crippen LogP contribution < -0.4 is 14.4 Å². The van der Waals surface area contributed by atoms with E-state index in [9.17, 15) is 13.2 Å². The van der Waals surface area contributed by atoms with Crippen LogP contribution in [-0.4, -0.2) is 43.9 Å². The zero-order valence-corrected chi connectivity index (χ0v) is 19.5. The highest BCUT2D eigenvalue weighted by molar-refractivity contribution is 7.92. The standard InChI is InChI=1S/C20H21ClN4O4S2/c1-4-17(25(31(3,27)28)15-6-5-7-16(12-15)29-2)18(26)22-20-24-23-19(30-20)13-8-10-14(21)11-9-13/h5-12,17H,4H2,1-3H3,(H,22,24,26)/t17-/m1/s1. The molecule has 1 heterocycles. The van der Waals surface area contributed by atoms with Gasteiger partial charge in [0.15, 0.2) is 0 Å². The molecule has 0 aliphatic carbocycles. The van der Waals surface area contributed by atoms with Crippen molar-refractivity contribution in [2.45, 2.75) is 19.4 Å². The number of hydrogen-bond donors (Lipinski definition) is 1. The van der Waals surface area contributed by atoms with Crippen molar-refractivity contribution < 1.29 is 17.9 Å². The van der Waals surface area contributed by atoms with Crippen LogP contribution in [0.4, 0.5) is 10.8 Å². The number of methoxy groups -OCH3 is 1. The van der Waals surface area contributed by atoms with E-state index in [1.165, 1.54) is 18.4 Å². The Kier molecular flexibility index (Phi) is 7.14. The van der Waals surface area contributed by atoms with Gasteiger partial charge >= 0.3 is 0 Å². The number of nitrogens with zero attached hydrogens (tertiary/aromatic N) is 3. The molecule has 1 amide bonds. The van der Waals surface area contributed by atoms with Crippen molar-refractivity contribution in [2.75, 3.05) is 23.0 Å². The van der Waals surface area contributed by atoms with E-state index in [-0.39, 0.29) is 11.6 Å². The molecule has 0 fully saturated rings. The van der Waals surface area contributed by atoms with Gasteiger partial charge in [-0.05, 0) is 30.7 Å². The van der Waals surface area contributed by atoms with Gasteiger partial charge in [0.05, 0.1) is 19.1 Å². The number of carbonyl (C=O) groups excluding carboxylic acids is 1. The van der Waals surface area contributed by atoms with Gasteiger partial charge in [0.25, 0.3) is 0 Å². The van der Waals surface area contributed by atoms with Crippen LogP contribution in [0.2, 0.25) is 5.02 Å². The molecule has 1 atom stereocenters. The summed E-state index contributed by atoms with van der Waals surface area (Å²) in [6.45, 7) is 1.74. The van der Waals surface area contributed by atoms with Crippen LogP contribution in [0.5, 0.6) is 5.75 Å². The number of anilines is 2. The SMILES string of the molecule is CC[C@H](C(=O)Nc1nnc(-c2ccc(Cl)cc2)s1)N(c1cccc(OC)c1)S(C)(=O)=O. The third-order valence-corrected chi connectivity index (χ3v) is 6.70. The molecular formula is C20H21ClN4O4S2.